The summed E-state index contributed by atoms with van der Waals surface area (Å²) in [4.78, 5) is 12.1. The van der Waals surface area contributed by atoms with Crippen LogP contribution in [0.4, 0.5) is 5.69 Å². The van der Waals surface area contributed by atoms with Crippen LogP contribution in [0.2, 0.25) is 10.0 Å². The van der Waals surface area contributed by atoms with E-state index in [2.05, 4.69) is 5.32 Å². The third-order valence-electron chi connectivity index (χ3n) is 3.96. The van der Waals surface area contributed by atoms with Gasteiger partial charge in [0.05, 0.1) is 23.1 Å². The van der Waals surface area contributed by atoms with Crippen molar-refractivity contribution in [3.8, 4) is 5.75 Å². The van der Waals surface area contributed by atoms with Gasteiger partial charge < -0.3 is 10.1 Å². The molecule has 2 aromatic rings. The zero-order valence-electron chi connectivity index (χ0n) is 15.6. The number of carbonyl (C=O) groups excluding carboxylic acids is 1. The molecule has 0 saturated heterocycles. The van der Waals surface area contributed by atoms with Gasteiger partial charge in [0.25, 0.3) is 0 Å². The highest BCUT2D eigenvalue weighted by atomic mass is 35.5. The van der Waals surface area contributed by atoms with Gasteiger partial charge in [-0.1, -0.05) is 49.2 Å². The van der Waals surface area contributed by atoms with E-state index < -0.39 is 10.0 Å². The second kappa shape index (κ2) is 10.1. The summed E-state index contributed by atoms with van der Waals surface area (Å²) in [5.74, 6) is 0.177. The molecule has 6 nitrogen and oxygen atoms in total. The van der Waals surface area contributed by atoms with Crippen LogP contribution in [0.5, 0.6) is 5.75 Å². The molecule has 9 heteroatoms. The van der Waals surface area contributed by atoms with Crippen LogP contribution in [0.3, 0.4) is 0 Å². The fraction of sp³-hybridized carbons (Fsp3) is 0.316. The van der Waals surface area contributed by atoms with Crippen LogP contribution in [0, 0.1) is 0 Å². The van der Waals surface area contributed by atoms with Crippen molar-refractivity contribution in [3.63, 3.8) is 0 Å². The molecular formula is C19H22Cl2N2O4S. The summed E-state index contributed by atoms with van der Waals surface area (Å²) in [6.45, 7) is 4.28. The molecule has 0 atom stereocenters. The summed E-state index contributed by atoms with van der Waals surface area (Å²) in [6.07, 6.45) is 0.0754. The second-order valence-corrected chi connectivity index (χ2v) is 8.53. The van der Waals surface area contributed by atoms with E-state index in [1.54, 1.807) is 44.2 Å². The Morgan fingerprint density at radius 1 is 1.07 bits per heavy atom. The van der Waals surface area contributed by atoms with Crippen molar-refractivity contribution in [1.82, 2.24) is 4.31 Å². The predicted molar refractivity (Wildman–Crippen MR) is 112 cm³/mol. The quantitative estimate of drug-likeness (QED) is 0.620. The van der Waals surface area contributed by atoms with E-state index in [-0.39, 0.29) is 28.9 Å². The molecule has 28 heavy (non-hydrogen) atoms. The van der Waals surface area contributed by atoms with Gasteiger partial charge in [-0.3, -0.25) is 4.79 Å². The number of amides is 1. The largest absolute Gasteiger partial charge is 0.491 e. The lowest BCUT2D eigenvalue weighted by molar-refractivity contribution is -0.116. The maximum absolute atomic E-state index is 12.7. The van der Waals surface area contributed by atoms with Crippen LogP contribution < -0.4 is 10.1 Å². The molecule has 152 valence electrons. The smallest absolute Gasteiger partial charge is 0.244 e. The number of halogens is 2. The molecule has 0 bridgehead atoms. The number of ether oxygens (including phenoxy) is 1. The lowest BCUT2D eigenvalue weighted by Crippen LogP contribution is -2.30. The van der Waals surface area contributed by atoms with Gasteiger partial charge in [-0.2, -0.15) is 4.31 Å². The summed E-state index contributed by atoms with van der Waals surface area (Å²) < 4.78 is 32.2. The third kappa shape index (κ3) is 5.61. The topological polar surface area (TPSA) is 75.7 Å². The number of hydrogen-bond acceptors (Lipinski definition) is 4. The Bertz CT molecular complexity index is 931. The van der Waals surface area contributed by atoms with Crippen molar-refractivity contribution >= 4 is 44.8 Å². The molecule has 0 fully saturated rings. The fourth-order valence-corrected chi connectivity index (χ4v) is 4.67. The zero-order chi connectivity index (χ0) is 20.7. The standard InChI is InChI=1S/C19H22Cl2N2O4S/c1-3-23(4-2)28(25,26)18-13-14(9-10-16(18)21)22-19(24)11-12-27-17-8-6-5-7-15(17)20/h5-10,13H,3-4,11-12H2,1-2H3,(H,22,24). The number of hydrogen-bond donors (Lipinski definition) is 1. The molecule has 0 aliphatic heterocycles. The monoisotopic (exact) mass is 444 g/mol. The van der Waals surface area contributed by atoms with Crippen LogP contribution in [0.25, 0.3) is 0 Å². The average molecular weight is 445 g/mol. The maximum atomic E-state index is 12.7. The zero-order valence-corrected chi connectivity index (χ0v) is 17.9. The summed E-state index contributed by atoms with van der Waals surface area (Å²) >= 11 is 12.1. The van der Waals surface area contributed by atoms with Crippen molar-refractivity contribution in [2.45, 2.75) is 25.2 Å². The highest BCUT2D eigenvalue weighted by Crippen LogP contribution is 2.28. The Balaban J connectivity index is 2.04. The molecule has 0 aromatic heterocycles. The van der Waals surface area contributed by atoms with Crippen molar-refractivity contribution in [2.24, 2.45) is 0 Å². The number of rotatable bonds is 9. The van der Waals surface area contributed by atoms with Crippen LogP contribution >= 0.6 is 23.2 Å². The summed E-state index contributed by atoms with van der Waals surface area (Å²) in [7, 11) is -3.74. The minimum Gasteiger partial charge on any atom is -0.491 e. The van der Waals surface area contributed by atoms with Gasteiger partial charge in [-0.25, -0.2) is 8.42 Å². The van der Waals surface area contributed by atoms with Gasteiger partial charge in [0, 0.05) is 18.8 Å². The number of sulfonamides is 1. The second-order valence-electron chi connectivity index (χ2n) is 5.81. The molecule has 1 amide bonds. The van der Waals surface area contributed by atoms with Crippen molar-refractivity contribution < 1.29 is 17.9 Å². The van der Waals surface area contributed by atoms with E-state index in [0.717, 1.165) is 0 Å². The number of anilines is 1. The van der Waals surface area contributed by atoms with Crippen LogP contribution in [0.15, 0.2) is 47.4 Å². The Kier molecular flexibility index (Phi) is 8.12. The molecule has 0 heterocycles. The SMILES string of the molecule is CCN(CC)S(=O)(=O)c1cc(NC(=O)CCOc2ccccc2Cl)ccc1Cl. The summed E-state index contributed by atoms with van der Waals surface area (Å²) in [6, 6.07) is 11.3. The van der Waals surface area contributed by atoms with Gasteiger partial charge in [0.2, 0.25) is 15.9 Å². The first-order valence-electron chi connectivity index (χ1n) is 8.76. The fourth-order valence-electron chi connectivity index (χ4n) is 2.52. The Morgan fingerprint density at radius 3 is 2.39 bits per heavy atom. The van der Waals surface area contributed by atoms with E-state index in [0.29, 0.717) is 29.5 Å². The number of para-hydroxylation sites is 1. The molecule has 0 saturated carbocycles. The van der Waals surface area contributed by atoms with Crippen LogP contribution in [-0.2, 0) is 14.8 Å². The predicted octanol–water partition coefficient (Wildman–Crippen LogP) is 4.43. The summed E-state index contributed by atoms with van der Waals surface area (Å²) in [5, 5.41) is 3.23. The van der Waals surface area contributed by atoms with Crippen molar-refractivity contribution in [1.29, 1.82) is 0 Å². The molecule has 2 aromatic carbocycles. The molecule has 0 unspecified atom stereocenters. The molecule has 0 aliphatic rings. The third-order valence-corrected chi connectivity index (χ3v) is 6.81. The number of nitrogens with zero attached hydrogens (tertiary/aromatic N) is 1. The number of benzene rings is 2. The van der Waals surface area contributed by atoms with E-state index in [1.807, 2.05) is 0 Å². The Labute approximate surface area is 175 Å². The minimum absolute atomic E-state index is 0.0389. The van der Waals surface area contributed by atoms with Crippen LogP contribution in [0.1, 0.15) is 20.3 Å². The highest BCUT2D eigenvalue weighted by molar-refractivity contribution is 7.89. The van der Waals surface area contributed by atoms with Gasteiger partial charge in [-0.15, -0.1) is 0 Å². The van der Waals surface area contributed by atoms with Gasteiger partial charge in [0.15, 0.2) is 0 Å². The molecular weight excluding hydrogens is 423 g/mol. The Hall–Kier alpha value is -1.80. The molecule has 0 spiro atoms. The average Bonchev–Trinajstić information content (AvgIpc) is 2.65. The number of carbonyl (C=O) groups is 1. The first-order chi connectivity index (χ1) is 13.3. The van der Waals surface area contributed by atoms with Gasteiger partial charge in [0.1, 0.15) is 10.6 Å². The number of nitrogens with one attached hydrogen (secondary N) is 1. The van der Waals surface area contributed by atoms with E-state index >= 15 is 0 Å². The maximum Gasteiger partial charge on any atom is 0.244 e. The van der Waals surface area contributed by atoms with E-state index in [4.69, 9.17) is 27.9 Å². The molecule has 0 aliphatic carbocycles. The van der Waals surface area contributed by atoms with Gasteiger partial charge in [-0.05, 0) is 30.3 Å². The Morgan fingerprint density at radius 2 is 1.75 bits per heavy atom. The lowest BCUT2D eigenvalue weighted by Gasteiger charge is -2.19. The first kappa shape index (κ1) is 22.5. The highest BCUT2D eigenvalue weighted by Gasteiger charge is 2.24. The first-order valence-corrected chi connectivity index (χ1v) is 11.0. The molecule has 0 radical (unpaired) electrons. The normalized spacial score (nSPS) is 11.5. The van der Waals surface area contributed by atoms with E-state index in [1.165, 1.54) is 16.4 Å². The van der Waals surface area contributed by atoms with Crippen LogP contribution in [-0.4, -0.2) is 38.3 Å². The summed E-state index contributed by atoms with van der Waals surface area (Å²) in [5.41, 5.74) is 0.345. The van der Waals surface area contributed by atoms with Crippen molar-refractivity contribution in [3.05, 3.63) is 52.5 Å². The molecule has 1 N–H and O–H groups in total. The van der Waals surface area contributed by atoms with E-state index in [9.17, 15) is 13.2 Å². The lowest BCUT2D eigenvalue weighted by atomic mass is 10.3. The van der Waals surface area contributed by atoms with Crippen molar-refractivity contribution in [2.75, 3.05) is 25.0 Å². The molecule has 2 rings (SSSR count). The van der Waals surface area contributed by atoms with Gasteiger partial charge >= 0.3 is 0 Å². The minimum atomic E-state index is -3.74.